The zero-order valence-electron chi connectivity index (χ0n) is 10.6. The Morgan fingerprint density at radius 1 is 1.50 bits per heavy atom. The minimum atomic E-state index is -0.302. The van der Waals surface area contributed by atoms with Crippen molar-refractivity contribution in [2.24, 2.45) is 11.3 Å². The zero-order valence-corrected chi connectivity index (χ0v) is 10.6. The highest BCUT2D eigenvalue weighted by Crippen LogP contribution is 2.31. The molecule has 0 N–H and O–H groups in total. The fraction of sp³-hybridized carbons (Fsp3) is 0.833. The van der Waals surface area contributed by atoms with E-state index in [0.29, 0.717) is 26.1 Å². The Morgan fingerprint density at radius 2 is 2.12 bits per heavy atom. The second kappa shape index (κ2) is 4.85. The Bertz CT molecular complexity index is 280. The first-order valence-electron chi connectivity index (χ1n) is 5.80. The Morgan fingerprint density at radius 3 is 2.62 bits per heavy atom. The van der Waals surface area contributed by atoms with Gasteiger partial charge < -0.3 is 9.64 Å². The highest BCUT2D eigenvalue weighted by molar-refractivity contribution is 5.84. The number of nitrogens with zero attached hydrogens (tertiary/aromatic N) is 1. The highest BCUT2D eigenvalue weighted by atomic mass is 16.6. The first-order chi connectivity index (χ1) is 7.36. The van der Waals surface area contributed by atoms with Gasteiger partial charge in [-0.1, -0.05) is 20.8 Å². The van der Waals surface area contributed by atoms with Crippen LogP contribution < -0.4 is 0 Å². The molecule has 1 heterocycles. The summed E-state index contributed by atoms with van der Waals surface area (Å²) in [6.45, 7) is 9.24. The molecule has 1 rings (SSSR count). The minimum absolute atomic E-state index is 0.0781. The summed E-state index contributed by atoms with van der Waals surface area (Å²) in [4.78, 5) is 25.0. The SMILES string of the molecule is CCOC(=O)N1CCC(=O)C(C(C)(C)C)C1. The Labute approximate surface area is 96.9 Å². The molecule has 16 heavy (non-hydrogen) atoms. The van der Waals surface area contributed by atoms with Crippen molar-refractivity contribution < 1.29 is 14.3 Å². The first kappa shape index (κ1) is 13.0. The van der Waals surface area contributed by atoms with E-state index in [4.69, 9.17) is 4.74 Å². The minimum Gasteiger partial charge on any atom is -0.450 e. The fourth-order valence-electron chi connectivity index (χ4n) is 1.97. The monoisotopic (exact) mass is 227 g/mol. The number of likely N-dealkylation sites (tertiary alicyclic amines) is 1. The van der Waals surface area contributed by atoms with Gasteiger partial charge in [0.1, 0.15) is 5.78 Å². The number of amides is 1. The molecule has 1 atom stereocenters. The van der Waals surface area contributed by atoms with Crippen molar-refractivity contribution in [2.45, 2.75) is 34.1 Å². The van der Waals surface area contributed by atoms with Gasteiger partial charge in [-0.2, -0.15) is 0 Å². The van der Waals surface area contributed by atoms with Crippen LogP contribution in [0.1, 0.15) is 34.1 Å². The van der Waals surface area contributed by atoms with Crippen molar-refractivity contribution in [3.05, 3.63) is 0 Å². The summed E-state index contributed by atoms with van der Waals surface area (Å²) in [5.41, 5.74) is -0.0950. The number of carbonyl (C=O) groups is 2. The molecule has 0 aromatic carbocycles. The predicted octanol–water partition coefficient (Wildman–Crippen LogP) is 2.08. The third-order valence-electron chi connectivity index (χ3n) is 2.99. The van der Waals surface area contributed by atoms with Gasteiger partial charge in [-0.25, -0.2) is 4.79 Å². The molecule has 1 unspecified atom stereocenters. The van der Waals surface area contributed by atoms with Crippen molar-refractivity contribution in [2.75, 3.05) is 19.7 Å². The summed E-state index contributed by atoms with van der Waals surface area (Å²) in [6.07, 6.45) is 0.144. The summed E-state index contributed by atoms with van der Waals surface area (Å²) in [5, 5.41) is 0. The third-order valence-corrected chi connectivity index (χ3v) is 2.99. The maximum Gasteiger partial charge on any atom is 0.409 e. The van der Waals surface area contributed by atoms with Crippen molar-refractivity contribution in [1.29, 1.82) is 0 Å². The molecule has 1 aliphatic heterocycles. The molecule has 0 aromatic heterocycles. The van der Waals surface area contributed by atoms with Gasteiger partial charge in [0.2, 0.25) is 0 Å². The molecule has 92 valence electrons. The molecule has 1 amide bonds. The zero-order chi connectivity index (χ0) is 12.3. The molecule has 0 radical (unpaired) electrons. The lowest BCUT2D eigenvalue weighted by Crippen LogP contribution is -2.48. The molecule has 0 bridgehead atoms. The lowest BCUT2D eigenvalue weighted by molar-refractivity contribution is -0.129. The second-order valence-corrected chi connectivity index (χ2v) is 5.28. The second-order valence-electron chi connectivity index (χ2n) is 5.28. The summed E-state index contributed by atoms with van der Waals surface area (Å²) in [6, 6.07) is 0. The van der Waals surface area contributed by atoms with Crippen LogP contribution in [0.3, 0.4) is 0 Å². The van der Waals surface area contributed by atoms with E-state index in [9.17, 15) is 9.59 Å². The summed E-state index contributed by atoms with van der Waals surface area (Å²) < 4.78 is 4.95. The van der Waals surface area contributed by atoms with Crippen LogP contribution in [0.15, 0.2) is 0 Å². The first-order valence-corrected chi connectivity index (χ1v) is 5.80. The largest absolute Gasteiger partial charge is 0.450 e. The average Bonchev–Trinajstić information content (AvgIpc) is 2.16. The Hall–Kier alpha value is -1.06. The molecule has 1 aliphatic rings. The van der Waals surface area contributed by atoms with E-state index in [-0.39, 0.29) is 23.2 Å². The topological polar surface area (TPSA) is 46.6 Å². The number of hydrogen-bond donors (Lipinski definition) is 0. The van der Waals surface area contributed by atoms with E-state index < -0.39 is 0 Å². The van der Waals surface area contributed by atoms with E-state index in [2.05, 4.69) is 0 Å². The summed E-state index contributed by atoms with van der Waals surface area (Å²) >= 11 is 0. The van der Waals surface area contributed by atoms with E-state index in [0.717, 1.165) is 0 Å². The van der Waals surface area contributed by atoms with Crippen molar-refractivity contribution in [3.8, 4) is 0 Å². The lowest BCUT2D eigenvalue weighted by Gasteiger charge is -2.37. The summed E-state index contributed by atoms with van der Waals surface area (Å²) in [5.74, 6) is 0.179. The standard InChI is InChI=1S/C12H21NO3/c1-5-16-11(15)13-7-6-10(14)9(8-13)12(2,3)4/h9H,5-8H2,1-4H3. The molecule has 1 saturated heterocycles. The van der Waals surface area contributed by atoms with E-state index in [1.807, 2.05) is 20.8 Å². The van der Waals surface area contributed by atoms with Crippen LogP contribution in [0, 0.1) is 11.3 Å². The Balaban J connectivity index is 2.68. The van der Waals surface area contributed by atoms with Gasteiger partial charge in [-0.15, -0.1) is 0 Å². The maximum atomic E-state index is 11.8. The van der Waals surface area contributed by atoms with Crippen molar-refractivity contribution >= 4 is 11.9 Å². The smallest absolute Gasteiger partial charge is 0.409 e. The average molecular weight is 227 g/mol. The van der Waals surface area contributed by atoms with Gasteiger partial charge in [-0.05, 0) is 12.3 Å². The van der Waals surface area contributed by atoms with Crippen LogP contribution in [0.5, 0.6) is 0 Å². The molecule has 1 fully saturated rings. The molecular weight excluding hydrogens is 206 g/mol. The normalized spacial score (nSPS) is 22.1. The number of ketones is 1. The van der Waals surface area contributed by atoms with Gasteiger partial charge in [0.05, 0.1) is 6.61 Å². The van der Waals surface area contributed by atoms with Crippen LogP contribution >= 0.6 is 0 Å². The lowest BCUT2D eigenvalue weighted by atomic mass is 9.75. The number of piperidine rings is 1. The predicted molar refractivity (Wildman–Crippen MR) is 61.2 cm³/mol. The van der Waals surface area contributed by atoms with Crippen molar-refractivity contribution in [3.63, 3.8) is 0 Å². The molecular formula is C12H21NO3. The quantitative estimate of drug-likeness (QED) is 0.689. The van der Waals surface area contributed by atoms with Crippen LogP contribution in [-0.2, 0) is 9.53 Å². The number of carbonyl (C=O) groups excluding carboxylic acids is 2. The van der Waals surface area contributed by atoms with Gasteiger partial charge in [0.25, 0.3) is 0 Å². The molecule has 0 aromatic rings. The van der Waals surface area contributed by atoms with Crippen LogP contribution in [-0.4, -0.2) is 36.5 Å². The molecule has 4 nitrogen and oxygen atoms in total. The number of rotatable bonds is 1. The highest BCUT2D eigenvalue weighted by Gasteiger charge is 2.37. The van der Waals surface area contributed by atoms with Crippen LogP contribution in [0.4, 0.5) is 4.79 Å². The molecule has 0 aliphatic carbocycles. The summed E-state index contributed by atoms with van der Waals surface area (Å²) in [7, 11) is 0. The molecule has 0 saturated carbocycles. The van der Waals surface area contributed by atoms with Crippen LogP contribution in [0.25, 0.3) is 0 Å². The van der Waals surface area contributed by atoms with Crippen LogP contribution in [0.2, 0.25) is 0 Å². The fourth-order valence-corrected chi connectivity index (χ4v) is 1.97. The molecule has 0 spiro atoms. The van der Waals surface area contributed by atoms with Gasteiger partial charge >= 0.3 is 6.09 Å². The third kappa shape index (κ3) is 2.97. The van der Waals surface area contributed by atoms with Gasteiger partial charge in [0, 0.05) is 25.4 Å². The van der Waals surface area contributed by atoms with Gasteiger partial charge in [0.15, 0.2) is 0 Å². The van der Waals surface area contributed by atoms with Gasteiger partial charge in [-0.3, -0.25) is 4.79 Å². The van der Waals surface area contributed by atoms with E-state index in [1.165, 1.54) is 0 Å². The van der Waals surface area contributed by atoms with E-state index in [1.54, 1.807) is 11.8 Å². The number of ether oxygens (including phenoxy) is 1. The Kier molecular flexibility index (Phi) is 3.94. The maximum absolute atomic E-state index is 11.8. The van der Waals surface area contributed by atoms with E-state index >= 15 is 0 Å². The number of Topliss-reactive ketones (excluding diaryl/α,β-unsaturated/α-hetero) is 1. The molecule has 4 heteroatoms. The number of hydrogen-bond acceptors (Lipinski definition) is 3. The van der Waals surface area contributed by atoms with Crippen molar-refractivity contribution in [1.82, 2.24) is 4.90 Å².